The van der Waals surface area contributed by atoms with E-state index in [0.717, 1.165) is 32.5 Å². The number of carbonyl (C=O) groups excluding carboxylic acids is 1. The smallest absolute Gasteiger partial charge is 0.354 e. The molecule has 0 aromatic carbocycles. The van der Waals surface area contributed by atoms with Crippen LogP contribution in [0.4, 0.5) is 4.79 Å². The number of hydrogen-bond acceptors (Lipinski definition) is 3. The van der Waals surface area contributed by atoms with E-state index < -0.39 is 0 Å². The maximum Gasteiger partial charge on any atom is 0.428 e. The van der Waals surface area contributed by atoms with Crippen molar-refractivity contribution in [3.8, 4) is 0 Å². The summed E-state index contributed by atoms with van der Waals surface area (Å²) in [5.74, 6) is 0. The molecule has 0 aromatic heterocycles. The van der Waals surface area contributed by atoms with Crippen molar-refractivity contribution in [3.63, 3.8) is 0 Å². The van der Waals surface area contributed by atoms with Crippen LogP contribution in [0, 0.1) is 0 Å². The van der Waals surface area contributed by atoms with E-state index in [0.29, 0.717) is 0 Å². The first-order valence-electron chi connectivity index (χ1n) is 4.03. The van der Waals surface area contributed by atoms with Gasteiger partial charge in [-0.25, -0.2) is 4.79 Å². The molecule has 4 heteroatoms. The van der Waals surface area contributed by atoms with Crippen LogP contribution in [0.15, 0.2) is 0 Å². The zero-order valence-corrected chi connectivity index (χ0v) is 6.80. The summed E-state index contributed by atoms with van der Waals surface area (Å²) in [4.78, 5) is 17.3. The molecule has 0 radical (unpaired) electrons. The van der Waals surface area contributed by atoms with Crippen LogP contribution in [0.3, 0.4) is 0 Å². The van der Waals surface area contributed by atoms with E-state index in [2.05, 4.69) is 5.48 Å². The second-order valence-corrected chi connectivity index (χ2v) is 2.60. The molecule has 11 heavy (non-hydrogen) atoms. The Balaban J connectivity index is 2.01. The molecule has 0 spiro atoms. The fraction of sp³-hybridized carbons (Fsp3) is 0.857. The van der Waals surface area contributed by atoms with Crippen molar-refractivity contribution < 1.29 is 9.63 Å². The zero-order valence-electron chi connectivity index (χ0n) is 6.80. The number of nitrogens with zero attached hydrogens (tertiary/aromatic N) is 1. The van der Waals surface area contributed by atoms with Gasteiger partial charge in [0.05, 0.1) is 0 Å². The largest absolute Gasteiger partial charge is 0.428 e. The molecule has 1 heterocycles. The van der Waals surface area contributed by atoms with Crippen LogP contribution in [-0.4, -0.2) is 30.6 Å². The van der Waals surface area contributed by atoms with Gasteiger partial charge in [-0.2, -0.15) is 5.48 Å². The molecule has 64 valence electrons. The number of likely N-dealkylation sites (tertiary alicyclic amines) is 1. The molecule has 1 rings (SSSR count). The average Bonchev–Trinajstić information content (AvgIpc) is 1.84. The van der Waals surface area contributed by atoms with Crippen LogP contribution >= 0.6 is 0 Å². The van der Waals surface area contributed by atoms with Gasteiger partial charge in [0.25, 0.3) is 0 Å². The lowest BCUT2D eigenvalue weighted by atomic mass is 10.2. The highest BCUT2D eigenvalue weighted by Gasteiger charge is 2.21. The minimum absolute atomic E-state index is 0.246. The fourth-order valence-electron chi connectivity index (χ4n) is 0.778. The molecule has 0 saturated carbocycles. The summed E-state index contributed by atoms with van der Waals surface area (Å²) in [6, 6.07) is 0. The van der Waals surface area contributed by atoms with Crippen molar-refractivity contribution in [2.75, 3.05) is 19.6 Å². The monoisotopic (exact) mass is 158 g/mol. The van der Waals surface area contributed by atoms with Crippen molar-refractivity contribution >= 4 is 6.09 Å². The van der Waals surface area contributed by atoms with E-state index in [4.69, 9.17) is 4.84 Å². The van der Waals surface area contributed by atoms with Gasteiger partial charge in [-0.1, -0.05) is 6.92 Å². The van der Waals surface area contributed by atoms with Gasteiger partial charge >= 0.3 is 6.09 Å². The molecule has 4 nitrogen and oxygen atoms in total. The van der Waals surface area contributed by atoms with E-state index >= 15 is 0 Å². The molecule has 0 aromatic rings. The summed E-state index contributed by atoms with van der Waals surface area (Å²) in [6.07, 6.45) is 1.82. The minimum Gasteiger partial charge on any atom is -0.354 e. The van der Waals surface area contributed by atoms with Gasteiger partial charge in [-0.15, -0.1) is 0 Å². The van der Waals surface area contributed by atoms with Gasteiger partial charge in [-0.3, -0.25) is 0 Å². The van der Waals surface area contributed by atoms with E-state index in [9.17, 15) is 4.79 Å². The topological polar surface area (TPSA) is 41.6 Å². The van der Waals surface area contributed by atoms with Gasteiger partial charge in [0.1, 0.15) is 0 Å². The summed E-state index contributed by atoms with van der Waals surface area (Å²) >= 11 is 0. The van der Waals surface area contributed by atoms with E-state index in [1.54, 1.807) is 4.90 Å². The predicted octanol–water partition coefficient (Wildman–Crippen LogP) is 0.743. The van der Waals surface area contributed by atoms with Crippen molar-refractivity contribution in [3.05, 3.63) is 0 Å². The third kappa shape index (κ3) is 2.38. The maximum atomic E-state index is 10.9. The highest BCUT2D eigenvalue weighted by atomic mass is 16.7. The lowest BCUT2D eigenvalue weighted by Gasteiger charge is -2.29. The Hall–Kier alpha value is -0.770. The fourth-order valence-corrected chi connectivity index (χ4v) is 0.778. The van der Waals surface area contributed by atoms with Crippen LogP contribution in [0.25, 0.3) is 0 Å². The van der Waals surface area contributed by atoms with E-state index in [-0.39, 0.29) is 6.09 Å². The Morgan fingerprint density at radius 2 is 2.36 bits per heavy atom. The normalized spacial score (nSPS) is 15.9. The number of carbonyl (C=O) groups is 1. The second kappa shape index (κ2) is 4.18. The van der Waals surface area contributed by atoms with Gasteiger partial charge < -0.3 is 9.74 Å². The summed E-state index contributed by atoms with van der Waals surface area (Å²) in [7, 11) is 0. The molecule has 0 aliphatic carbocycles. The Bertz CT molecular complexity index is 134. The second-order valence-electron chi connectivity index (χ2n) is 2.60. The molecule has 0 bridgehead atoms. The Labute approximate surface area is 66.5 Å². The number of nitrogens with one attached hydrogen (secondary N) is 1. The lowest BCUT2D eigenvalue weighted by molar-refractivity contribution is 0.0397. The lowest BCUT2D eigenvalue weighted by Crippen LogP contribution is -2.44. The van der Waals surface area contributed by atoms with Crippen molar-refractivity contribution in [1.29, 1.82) is 0 Å². The molecule has 1 saturated heterocycles. The Kier molecular flexibility index (Phi) is 3.16. The number of hydrogen-bond donors (Lipinski definition) is 1. The van der Waals surface area contributed by atoms with Crippen LogP contribution in [-0.2, 0) is 4.84 Å². The first-order chi connectivity index (χ1) is 5.34. The Morgan fingerprint density at radius 3 is 2.82 bits per heavy atom. The zero-order chi connectivity index (χ0) is 8.10. The van der Waals surface area contributed by atoms with Crippen LogP contribution in [0.1, 0.15) is 19.8 Å². The average molecular weight is 158 g/mol. The molecule has 1 fully saturated rings. The molecule has 1 amide bonds. The first-order valence-corrected chi connectivity index (χ1v) is 4.03. The highest BCUT2D eigenvalue weighted by Crippen LogP contribution is 2.06. The number of amides is 1. The van der Waals surface area contributed by atoms with Crippen molar-refractivity contribution in [2.45, 2.75) is 19.8 Å². The third-order valence-corrected chi connectivity index (χ3v) is 1.63. The van der Waals surface area contributed by atoms with Gasteiger partial charge in [-0.05, 0) is 12.8 Å². The standard InChI is InChI=1S/C7H14N2O2/c1-2-4-8-11-7(10)9-5-3-6-9/h8H,2-6H2,1H3. The number of hydroxylamine groups is 1. The highest BCUT2D eigenvalue weighted by molar-refractivity contribution is 5.68. The predicted molar refractivity (Wildman–Crippen MR) is 41.0 cm³/mol. The summed E-state index contributed by atoms with van der Waals surface area (Å²) in [6.45, 7) is 4.42. The quantitative estimate of drug-likeness (QED) is 0.486. The Morgan fingerprint density at radius 1 is 1.64 bits per heavy atom. The minimum atomic E-state index is -0.246. The van der Waals surface area contributed by atoms with Crippen LogP contribution in [0.2, 0.25) is 0 Å². The summed E-state index contributed by atoms with van der Waals surface area (Å²) < 4.78 is 0. The maximum absolute atomic E-state index is 10.9. The van der Waals surface area contributed by atoms with Crippen LogP contribution < -0.4 is 5.48 Å². The molecule has 0 unspecified atom stereocenters. The van der Waals surface area contributed by atoms with Crippen LogP contribution in [0.5, 0.6) is 0 Å². The SMILES string of the molecule is CCCNOC(=O)N1CCC1. The molecule has 1 N–H and O–H groups in total. The van der Waals surface area contributed by atoms with Crippen molar-refractivity contribution in [2.24, 2.45) is 0 Å². The summed E-state index contributed by atoms with van der Waals surface area (Å²) in [5, 5.41) is 0. The summed E-state index contributed by atoms with van der Waals surface area (Å²) in [5.41, 5.74) is 2.59. The number of rotatable bonds is 3. The van der Waals surface area contributed by atoms with Gasteiger partial charge in [0.15, 0.2) is 0 Å². The molecule has 1 aliphatic heterocycles. The van der Waals surface area contributed by atoms with E-state index in [1.807, 2.05) is 6.92 Å². The third-order valence-electron chi connectivity index (χ3n) is 1.63. The first kappa shape index (κ1) is 8.33. The van der Waals surface area contributed by atoms with E-state index in [1.165, 1.54) is 0 Å². The van der Waals surface area contributed by atoms with Gasteiger partial charge in [0.2, 0.25) is 0 Å². The molecule has 0 atom stereocenters. The van der Waals surface area contributed by atoms with Gasteiger partial charge in [0, 0.05) is 19.6 Å². The molecular weight excluding hydrogens is 144 g/mol. The van der Waals surface area contributed by atoms with Crippen molar-refractivity contribution in [1.82, 2.24) is 10.4 Å². The molecular formula is C7H14N2O2. The molecule has 1 aliphatic rings.